The van der Waals surface area contributed by atoms with Crippen LogP contribution < -0.4 is 24.8 Å². The smallest absolute Gasteiger partial charge is 0.191 e. The van der Waals surface area contributed by atoms with Crippen LogP contribution in [0.15, 0.2) is 71.9 Å². The summed E-state index contributed by atoms with van der Waals surface area (Å²) in [6.45, 7) is 1.66. The van der Waals surface area contributed by atoms with E-state index in [0.717, 1.165) is 22.6 Å². The molecule has 0 aliphatic carbocycles. The van der Waals surface area contributed by atoms with Gasteiger partial charge in [0.05, 0.1) is 19.9 Å². The summed E-state index contributed by atoms with van der Waals surface area (Å²) in [6.07, 6.45) is 1.76. The zero-order valence-electron chi connectivity index (χ0n) is 18.5. The van der Waals surface area contributed by atoms with Gasteiger partial charge in [0, 0.05) is 26.3 Å². The van der Waals surface area contributed by atoms with Gasteiger partial charge in [0.1, 0.15) is 12.4 Å². The van der Waals surface area contributed by atoms with Crippen LogP contribution in [0.4, 0.5) is 0 Å². The highest BCUT2D eigenvalue weighted by Gasteiger charge is 2.06. The summed E-state index contributed by atoms with van der Waals surface area (Å²) in [7, 11) is 5.00. The molecule has 170 valence electrons. The molecule has 0 amide bonds. The number of methoxy groups -OCH3 is 2. The van der Waals surface area contributed by atoms with Gasteiger partial charge in [-0.05, 0) is 47.5 Å². The van der Waals surface area contributed by atoms with Crippen molar-refractivity contribution in [1.29, 1.82) is 0 Å². The number of ether oxygens (including phenoxy) is 3. The Morgan fingerprint density at radius 2 is 1.62 bits per heavy atom. The third-order valence-electron chi connectivity index (χ3n) is 4.60. The number of halogens is 1. The molecular weight excluding hydrogens is 519 g/mol. The van der Waals surface area contributed by atoms with Gasteiger partial charge in [-0.15, -0.1) is 24.0 Å². The number of hydrogen-bond acceptors (Lipinski definition) is 5. The van der Waals surface area contributed by atoms with Crippen LogP contribution in [-0.4, -0.2) is 32.2 Å². The van der Waals surface area contributed by atoms with Gasteiger partial charge < -0.3 is 24.8 Å². The number of aromatic nitrogens is 1. The van der Waals surface area contributed by atoms with Crippen molar-refractivity contribution in [2.45, 2.75) is 19.7 Å². The third kappa shape index (κ3) is 7.60. The zero-order chi connectivity index (χ0) is 21.9. The van der Waals surface area contributed by atoms with E-state index in [0.29, 0.717) is 37.2 Å². The Hall–Kier alpha value is -3.01. The zero-order valence-corrected chi connectivity index (χ0v) is 20.8. The van der Waals surface area contributed by atoms with E-state index in [4.69, 9.17) is 14.2 Å². The van der Waals surface area contributed by atoms with E-state index in [1.165, 1.54) is 0 Å². The van der Waals surface area contributed by atoms with Crippen molar-refractivity contribution in [1.82, 2.24) is 15.6 Å². The Kier molecular flexibility index (Phi) is 10.6. The van der Waals surface area contributed by atoms with E-state index >= 15 is 0 Å². The van der Waals surface area contributed by atoms with Gasteiger partial charge in [-0.3, -0.25) is 9.98 Å². The molecule has 0 fully saturated rings. The molecule has 3 aromatic rings. The van der Waals surface area contributed by atoms with Crippen LogP contribution in [0.2, 0.25) is 0 Å². The molecule has 0 atom stereocenters. The summed E-state index contributed by atoms with van der Waals surface area (Å²) in [6, 6.07) is 19.6. The Bertz CT molecular complexity index is 1000. The fourth-order valence-electron chi connectivity index (χ4n) is 2.97. The van der Waals surface area contributed by atoms with Crippen LogP contribution in [0, 0.1) is 0 Å². The predicted molar refractivity (Wildman–Crippen MR) is 137 cm³/mol. The van der Waals surface area contributed by atoms with E-state index in [1.807, 2.05) is 60.7 Å². The highest BCUT2D eigenvalue weighted by atomic mass is 127. The molecule has 8 heteroatoms. The number of guanidine groups is 1. The first kappa shape index (κ1) is 25.3. The highest BCUT2D eigenvalue weighted by Crippen LogP contribution is 2.27. The average Bonchev–Trinajstić information content (AvgIpc) is 2.83. The van der Waals surface area contributed by atoms with Crippen molar-refractivity contribution in [2.75, 3.05) is 21.3 Å². The van der Waals surface area contributed by atoms with Crippen molar-refractivity contribution >= 4 is 29.9 Å². The van der Waals surface area contributed by atoms with Crippen molar-refractivity contribution in [3.05, 3.63) is 83.7 Å². The van der Waals surface area contributed by atoms with Crippen molar-refractivity contribution < 1.29 is 14.2 Å². The van der Waals surface area contributed by atoms with Gasteiger partial charge in [0.2, 0.25) is 0 Å². The quantitative estimate of drug-likeness (QED) is 0.238. The van der Waals surface area contributed by atoms with Crippen molar-refractivity contribution in [3.8, 4) is 17.2 Å². The summed E-state index contributed by atoms with van der Waals surface area (Å²) in [5, 5.41) is 6.63. The van der Waals surface area contributed by atoms with Crippen LogP contribution in [0.5, 0.6) is 17.2 Å². The monoisotopic (exact) mass is 548 g/mol. The lowest BCUT2D eigenvalue weighted by molar-refractivity contribution is 0.301. The number of rotatable bonds is 9. The average molecular weight is 548 g/mol. The molecule has 0 unspecified atom stereocenters. The Morgan fingerprint density at radius 1 is 0.875 bits per heavy atom. The highest BCUT2D eigenvalue weighted by molar-refractivity contribution is 14.0. The molecule has 1 aromatic heterocycles. The summed E-state index contributed by atoms with van der Waals surface area (Å²) in [5.41, 5.74) is 3.05. The van der Waals surface area contributed by atoms with Crippen molar-refractivity contribution in [2.24, 2.45) is 4.99 Å². The van der Waals surface area contributed by atoms with Crippen LogP contribution in [0.1, 0.15) is 16.8 Å². The van der Waals surface area contributed by atoms with Gasteiger partial charge >= 0.3 is 0 Å². The fourth-order valence-corrected chi connectivity index (χ4v) is 2.97. The lowest BCUT2D eigenvalue weighted by atomic mass is 10.2. The molecular formula is C24H29IN4O3. The van der Waals surface area contributed by atoms with Crippen molar-refractivity contribution in [3.63, 3.8) is 0 Å². The van der Waals surface area contributed by atoms with Crippen LogP contribution in [0.3, 0.4) is 0 Å². The normalized spacial score (nSPS) is 10.7. The minimum absolute atomic E-state index is 0. The topological polar surface area (TPSA) is 77.0 Å². The van der Waals surface area contributed by atoms with Gasteiger partial charge in [0.25, 0.3) is 0 Å². The second-order valence-corrected chi connectivity index (χ2v) is 6.73. The van der Waals surface area contributed by atoms with Gasteiger partial charge in [-0.1, -0.05) is 24.3 Å². The second kappa shape index (κ2) is 13.4. The van der Waals surface area contributed by atoms with Crippen LogP contribution >= 0.6 is 24.0 Å². The Balaban J connectivity index is 0.00000363. The predicted octanol–water partition coefficient (Wildman–Crippen LogP) is 4.16. The number of aliphatic imine (C=N–C) groups is 1. The van der Waals surface area contributed by atoms with E-state index in [9.17, 15) is 0 Å². The molecule has 0 bridgehead atoms. The summed E-state index contributed by atoms with van der Waals surface area (Å²) < 4.78 is 16.5. The third-order valence-corrected chi connectivity index (χ3v) is 4.60. The van der Waals surface area contributed by atoms with Crippen LogP contribution in [-0.2, 0) is 19.7 Å². The van der Waals surface area contributed by atoms with Gasteiger partial charge in [-0.2, -0.15) is 0 Å². The summed E-state index contributed by atoms with van der Waals surface area (Å²) >= 11 is 0. The van der Waals surface area contributed by atoms with Gasteiger partial charge in [-0.25, -0.2) is 0 Å². The van der Waals surface area contributed by atoms with Gasteiger partial charge in [0.15, 0.2) is 17.5 Å². The molecule has 0 radical (unpaired) electrons. The molecule has 2 N–H and O–H groups in total. The lowest BCUT2D eigenvalue weighted by Crippen LogP contribution is -2.36. The fraction of sp³-hybridized carbons (Fsp3) is 0.250. The maximum absolute atomic E-state index is 5.85. The largest absolute Gasteiger partial charge is 0.493 e. The minimum atomic E-state index is 0. The Labute approximate surface area is 206 Å². The molecule has 0 aliphatic rings. The first-order valence-electron chi connectivity index (χ1n) is 9.99. The Morgan fingerprint density at radius 3 is 2.28 bits per heavy atom. The van der Waals surface area contributed by atoms with Crippen LogP contribution in [0.25, 0.3) is 0 Å². The van der Waals surface area contributed by atoms with E-state index < -0.39 is 0 Å². The molecule has 0 aliphatic heterocycles. The molecule has 0 saturated carbocycles. The molecule has 0 spiro atoms. The number of hydrogen-bond donors (Lipinski definition) is 2. The number of benzene rings is 2. The summed E-state index contributed by atoms with van der Waals surface area (Å²) in [4.78, 5) is 8.57. The molecule has 1 heterocycles. The first-order valence-corrected chi connectivity index (χ1v) is 9.99. The molecule has 3 rings (SSSR count). The molecule has 0 saturated heterocycles. The SMILES string of the molecule is CN=C(NCc1cccc(OCc2ccccn2)c1)NCc1ccc(OC)c(OC)c1.I. The van der Waals surface area contributed by atoms with E-state index in [-0.39, 0.29) is 24.0 Å². The minimum Gasteiger partial charge on any atom is -0.493 e. The maximum atomic E-state index is 5.85. The standard InChI is InChI=1S/C24H28N4O3.HI/c1-25-24(28-16-19-10-11-22(29-2)23(14-19)30-3)27-15-18-7-6-9-21(13-18)31-17-20-8-4-5-12-26-20;/h4-14H,15-17H2,1-3H3,(H2,25,27,28);1H. The number of nitrogens with zero attached hydrogens (tertiary/aromatic N) is 2. The van der Waals surface area contributed by atoms with E-state index in [2.05, 4.69) is 20.6 Å². The molecule has 7 nitrogen and oxygen atoms in total. The number of nitrogens with one attached hydrogen (secondary N) is 2. The second-order valence-electron chi connectivity index (χ2n) is 6.73. The molecule has 32 heavy (non-hydrogen) atoms. The lowest BCUT2D eigenvalue weighted by Gasteiger charge is -2.14. The molecule has 2 aromatic carbocycles. The van der Waals surface area contributed by atoms with E-state index in [1.54, 1.807) is 27.5 Å². The number of pyridine rings is 1. The first-order chi connectivity index (χ1) is 15.2. The maximum Gasteiger partial charge on any atom is 0.191 e. The summed E-state index contributed by atoms with van der Waals surface area (Å²) in [5.74, 6) is 2.92.